The summed E-state index contributed by atoms with van der Waals surface area (Å²) in [5.41, 5.74) is 4.61. The van der Waals surface area contributed by atoms with Gasteiger partial charge in [0.2, 0.25) is 0 Å². The summed E-state index contributed by atoms with van der Waals surface area (Å²) in [6.07, 6.45) is 5.93. The number of benzene rings is 3. The number of carbonyl (C=O) groups is 1. The number of nitrogens with one attached hydrogen (secondary N) is 1. The van der Waals surface area contributed by atoms with Gasteiger partial charge in [0, 0.05) is 35.6 Å². The number of ether oxygens (including phenoxy) is 2. The Morgan fingerprint density at radius 3 is 2.74 bits per heavy atom. The van der Waals surface area contributed by atoms with E-state index in [4.69, 9.17) is 21.1 Å². The molecule has 0 saturated heterocycles. The van der Waals surface area contributed by atoms with Crippen LogP contribution in [0, 0.1) is 5.82 Å². The monoisotopic (exact) mass is 544 g/mol. The average Bonchev–Trinajstić information content (AvgIpc) is 3.40. The Kier molecular flexibility index (Phi) is 7.74. The van der Waals surface area contributed by atoms with Gasteiger partial charge in [0.25, 0.3) is 0 Å². The van der Waals surface area contributed by atoms with Gasteiger partial charge < -0.3 is 19.4 Å². The molecule has 1 aliphatic rings. The Labute approximate surface area is 230 Å². The molecule has 1 N–H and O–H groups in total. The van der Waals surface area contributed by atoms with E-state index < -0.39 is 0 Å². The van der Waals surface area contributed by atoms with Crippen LogP contribution in [0.3, 0.4) is 0 Å². The molecule has 2 aromatic heterocycles. The number of rotatable bonds is 6. The largest absolute Gasteiger partial charge is 0.487 e. The molecule has 0 bridgehead atoms. The summed E-state index contributed by atoms with van der Waals surface area (Å²) in [6, 6.07) is 17.4. The summed E-state index contributed by atoms with van der Waals surface area (Å²) in [4.78, 5) is 20.9. The lowest BCUT2D eigenvalue weighted by Gasteiger charge is -2.12. The van der Waals surface area contributed by atoms with E-state index in [0.29, 0.717) is 46.4 Å². The number of esters is 1. The minimum atomic E-state index is -0.314. The van der Waals surface area contributed by atoms with Crippen LogP contribution in [0.4, 0.5) is 15.9 Å². The number of nitrogens with zero attached hydrogens (tertiary/aromatic N) is 3. The maximum Gasteiger partial charge on any atom is 0.339 e. The zero-order valence-electron chi connectivity index (χ0n) is 21.4. The molecule has 3 heterocycles. The average molecular weight is 545 g/mol. The van der Waals surface area contributed by atoms with E-state index in [1.165, 1.54) is 18.5 Å². The molecule has 0 unspecified atom stereocenters. The maximum absolute atomic E-state index is 13.4. The highest BCUT2D eigenvalue weighted by Crippen LogP contribution is 2.32. The third-order valence-electron chi connectivity index (χ3n) is 6.13. The molecule has 0 radical (unpaired) electrons. The Morgan fingerprint density at radius 1 is 1.08 bits per heavy atom. The standard InChI is InChI=1S/C28H20ClFN4O3.C2H6/c29-24-11-20(4-7-26(24)37-15-17-2-1-3-19(30)10-17)33-27-22-12-21(5-6-25(22)31-16-32-27)34-13-18-8-9-36-28(35)23(18)14-34;1-2/h1-7,10-14,16H,8-9,15H2,(H,31,32,33);1-2H3. The molecule has 9 heteroatoms. The van der Waals surface area contributed by atoms with E-state index in [1.807, 2.05) is 48.9 Å². The molecule has 39 heavy (non-hydrogen) atoms. The molecular formula is C30H26ClFN4O3. The van der Waals surface area contributed by atoms with Gasteiger partial charge >= 0.3 is 5.97 Å². The van der Waals surface area contributed by atoms with Crippen molar-refractivity contribution >= 4 is 40.0 Å². The fourth-order valence-electron chi connectivity index (χ4n) is 4.29. The van der Waals surface area contributed by atoms with Crippen molar-refractivity contribution in [3.05, 3.63) is 107 Å². The molecule has 0 saturated carbocycles. The quantitative estimate of drug-likeness (QED) is 0.226. The molecular weight excluding hydrogens is 519 g/mol. The van der Waals surface area contributed by atoms with Gasteiger partial charge in [0.05, 0.1) is 22.7 Å². The second-order valence-corrected chi connectivity index (χ2v) is 9.01. The van der Waals surface area contributed by atoms with E-state index in [-0.39, 0.29) is 18.4 Å². The van der Waals surface area contributed by atoms with Crippen molar-refractivity contribution in [1.29, 1.82) is 0 Å². The summed E-state index contributed by atoms with van der Waals surface area (Å²) in [5.74, 6) is 0.478. The van der Waals surface area contributed by atoms with E-state index in [1.54, 1.807) is 30.5 Å². The Hall–Kier alpha value is -4.43. The molecule has 0 spiro atoms. The second kappa shape index (κ2) is 11.5. The van der Waals surface area contributed by atoms with Crippen molar-refractivity contribution in [3.63, 3.8) is 0 Å². The number of hydrogen-bond acceptors (Lipinski definition) is 6. The molecule has 0 atom stereocenters. The van der Waals surface area contributed by atoms with Gasteiger partial charge in [-0.3, -0.25) is 0 Å². The predicted molar refractivity (Wildman–Crippen MR) is 150 cm³/mol. The van der Waals surface area contributed by atoms with Crippen LogP contribution < -0.4 is 10.1 Å². The van der Waals surface area contributed by atoms with Gasteiger partial charge in [-0.25, -0.2) is 19.2 Å². The van der Waals surface area contributed by atoms with Crippen molar-refractivity contribution in [2.24, 2.45) is 0 Å². The molecule has 5 aromatic rings. The zero-order valence-corrected chi connectivity index (χ0v) is 22.2. The lowest BCUT2D eigenvalue weighted by molar-refractivity contribution is 0.0481. The maximum atomic E-state index is 13.4. The molecule has 0 fully saturated rings. The van der Waals surface area contributed by atoms with Crippen LogP contribution >= 0.6 is 11.6 Å². The highest BCUT2D eigenvalue weighted by atomic mass is 35.5. The fraction of sp³-hybridized carbons (Fsp3) is 0.167. The first-order chi connectivity index (χ1) is 19.0. The zero-order chi connectivity index (χ0) is 27.4. The molecule has 0 aliphatic carbocycles. The molecule has 6 rings (SSSR count). The van der Waals surface area contributed by atoms with Crippen LogP contribution in [0.1, 0.15) is 35.3 Å². The SMILES string of the molecule is CC.O=C1OCCc2cn(-c3ccc4ncnc(Nc5ccc(OCc6cccc(F)c6)c(Cl)c5)c4c3)cc21. The molecule has 1 aliphatic heterocycles. The molecule has 3 aromatic carbocycles. The first-order valence-corrected chi connectivity index (χ1v) is 13.0. The number of cyclic esters (lactones) is 1. The topological polar surface area (TPSA) is 78.3 Å². The van der Waals surface area contributed by atoms with Crippen LogP contribution in [0.15, 0.2) is 79.4 Å². The van der Waals surface area contributed by atoms with Crippen LogP contribution in [-0.2, 0) is 17.8 Å². The Bertz CT molecular complexity index is 1650. The van der Waals surface area contributed by atoms with E-state index in [9.17, 15) is 9.18 Å². The molecule has 0 amide bonds. The smallest absolute Gasteiger partial charge is 0.339 e. The summed E-state index contributed by atoms with van der Waals surface area (Å²) in [7, 11) is 0. The summed E-state index contributed by atoms with van der Waals surface area (Å²) in [6.45, 7) is 4.59. The second-order valence-electron chi connectivity index (χ2n) is 8.60. The summed E-state index contributed by atoms with van der Waals surface area (Å²) >= 11 is 6.47. The van der Waals surface area contributed by atoms with Gasteiger partial charge in [-0.1, -0.05) is 37.6 Å². The van der Waals surface area contributed by atoms with Gasteiger partial charge in [-0.15, -0.1) is 0 Å². The minimum absolute atomic E-state index is 0.199. The lowest BCUT2D eigenvalue weighted by atomic mass is 10.1. The normalized spacial score (nSPS) is 12.3. The number of anilines is 2. The van der Waals surface area contributed by atoms with Crippen LogP contribution in [0.25, 0.3) is 16.6 Å². The Morgan fingerprint density at radius 2 is 1.95 bits per heavy atom. The van der Waals surface area contributed by atoms with Crippen molar-refractivity contribution in [2.45, 2.75) is 26.9 Å². The first kappa shape index (κ1) is 26.2. The summed E-state index contributed by atoms with van der Waals surface area (Å²) < 4.78 is 26.3. The molecule has 7 nitrogen and oxygen atoms in total. The van der Waals surface area contributed by atoms with Gasteiger partial charge in [0.15, 0.2) is 0 Å². The predicted octanol–water partition coefficient (Wildman–Crippen LogP) is 7.27. The van der Waals surface area contributed by atoms with Gasteiger partial charge in [0.1, 0.15) is 30.3 Å². The van der Waals surface area contributed by atoms with Crippen molar-refractivity contribution in [1.82, 2.24) is 14.5 Å². The number of aromatic nitrogens is 3. The lowest BCUT2D eigenvalue weighted by Crippen LogP contribution is -2.15. The third kappa shape index (κ3) is 5.71. The van der Waals surface area contributed by atoms with Crippen molar-refractivity contribution in [3.8, 4) is 11.4 Å². The van der Waals surface area contributed by atoms with E-state index >= 15 is 0 Å². The fourth-order valence-corrected chi connectivity index (χ4v) is 4.52. The highest BCUT2D eigenvalue weighted by molar-refractivity contribution is 6.32. The highest BCUT2D eigenvalue weighted by Gasteiger charge is 2.21. The van der Waals surface area contributed by atoms with E-state index in [2.05, 4.69) is 15.3 Å². The summed E-state index contributed by atoms with van der Waals surface area (Å²) in [5, 5.41) is 4.52. The van der Waals surface area contributed by atoms with Gasteiger partial charge in [-0.2, -0.15) is 0 Å². The van der Waals surface area contributed by atoms with Crippen LogP contribution in [0.2, 0.25) is 5.02 Å². The van der Waals surface area contributed by atoms with Crippen molar-refractivity contribution < 1.29 is 18.7 Å². The Balaban J connectivity index is 0.00000151. The van der Waals surface area contributed by atoms with Crippen molar-refractivity contribution in [2.75, 3.05) is 11.9 Å². The number of carbonyl (C=O) groups excluding carboxylic acids is 1. The van der Waals surface area contributed by atoms with E-state index in [0.717, 1.165) is 22.2 Å². The molecule has 198 valence electrons. The van der Waals surface area contributed by atoms with Gasteiger partial charge in [-0.05, 0) is 59.7 Å². The van der Waals surface area contributed by atoms with Crippen LogP contribution in [0.5, 0.6) is 5.75 Å². The number of fused-ring (bicyclic) bond motifs is 2. The first-order valence-electron chi connectivity index (χ1n) is 12.6. The third-order valence-corrected chi connectivity index (χ3v) is 6.42. The minimum Gasteiger partial charge on any atom is -0.487 e. The van der Waals surface area contributed by atoms with Crippen LogP contribution in [-0.4, -0.2) is 27.1 Å². The number of hydrogen-bond donors (Lipinski definition) is 1. The number of halogens is 2.